The molecule has 0 amide bonds. The van der Waals surface area contributed by atoms with Gasteiger partial charge < -0.3 is 10.2 Å². The first-order chi connectivity index (χ1) is 5.65. The molecule has 0 saturated heterocycles. The fourth-order valence-electron chi connectivity index (χ4n) is 1.12. The number of halogens is 1. The zero-order valence-corrected chi connectivity index (χ0v) is 8.37. The summed E-state index contributed by atoms with van der Waals surface area (Å²) in [5, 5.41) is 18.3. The molecule has 0 aromatic heterocycles. The molecule has 1 atom stereocenters. The third-order valence-electron chi connectivity index (χ3n) is 1.73. The molecule has 3 heteroatoms. The molecule has 2 nitrogen and oxygen atoms in total. The molecule has 0 saturated carbocycles. The Bertz CT molecular complexity index is 271. The number of rotatable bonds is 2. The van der Waals surface area contributed by atoms with Crippen LogP contribution in [0.4, 0.5) is 0 Å². The smallest absolute Gasteiger partial charge is 0.0765 e. The summed E-state index contributed by atoms with van der Waals surface area (Å²) in [6.07, 6.45) is -0.528. The van der Waals surface area contributed by atoms with E-state index in [1.165, 1.54) is 0 Å². The van der Waals surface area contributed by atoms with E-state index in [4.69, 9.17) is 5.11 Å². The molecular weight excluding hydrogens is 220 g/mol. The summed E-state index contributed by atoms with van der Waals surface area (Å²) in [5.74, 6) is 0. The quantitative estimate of drug-likeness (QED) is 0.817. The van der Waals surface area contributed by atoms with Crippen LogP contribution in [-0.2, 0) is 6.61 Å². The summed E-state index contributed by atoms with van der Waals surface area (Å²) in [7, 11) is 0. The molecular formula is C9H11BrO2. The van der Waals surface area contributed by atoms with Gasteiger partial charge in [0.25, 0.3) is 0 Å². The van der Waals surface area contributed by atoms with Crippen LogP contribution in [0.25, 0.3) is 0 Å². The highest BCUT2D eigenvalue weighted by Crippen LogP contribution is 2.21. The predicted octanol–water partition coefficient (Wildman–Crippen LogP) is 1.99. The Morgan fingerprint density at radius 1 is 1.50 bits per heavy atom. The zero-order chi connectivity index (χ0) is 9.14. The van der Waals surface area contributed by atoms with E-state index < -0.39 is 6.10 Å². The predicted molar refractivity (Wildman–Crippen MR) is 50.7 cm³/mol. The van der Waals surface area contributed by atoms with Gasteiger partial charge in [-0.05, 0) is 30.2 Å². The van der Waals surface area contributed by atoms with Crippen molar-refractivity contribution in [3.05, 3.63) is 33.8 Å². The molecule has 0 aliphatic carbocycles. The Morgan fingerprint density at radius 3 is 2.67 bits per heavy atom. The molecule has 0 fully saturated rings. The molecule has 0 heterocycles. The Kier molecular flexibility index (Phi) is 3.26. The standard InChI is InChI=1S/C9H11BrO2/c1-6(12)9-3-2-8(10)4-7(9)5-11/h2-4,6,11-12H,5H2,1H3. The van der Waals surface area contributed by atoms with Crippen molar-refractivity contribution in [2.45, 2.75) is 19.6 Å². The van der Waals surface area contributed by atoms with E-state index in [9.17, 15) is 5.11 Å². The lowest BCUT2D eigenvalue weighted by Crippen LogP contribution is -1.97. The van der Waals surface area contributed by atoms with Crippen LogP contribution in [0.1, 0.15) is 24.2 Å². The van der Waals surface area contributed by atoms with Crippen LogP contribution in [0, 0.1) is 0 Å². The number of benzene rings is 1. The molecule has 0 bridgehead atoms. The fraction of sp³-hybridized carbons (Fsp3) is 0.333. The van der Waals surface area contributed by atoms with Gasteiger partial charge in [0.2, 0.25) is 0 Å². The molecule has 0 aliphatic rings. The third-order valence-corrected chi connectivity index (χ3v) is 2.22. The number of aliphatic hydroxyl groups excluding tert-OH is 2. The van der Waals surface area contributed by atoms with Gasteiger partial charge in [0, 0.05) is 4.47 Å². The van der Waals surface area contributed by atoms with E-state index in [0.717, 1.165) is 15.6 Å². The van der Waals surface area contributed by atoms with E-state index in [1.807, 2.05) is 12.1 Å². The lowest BCUT2D eigenvalue weighted by molar-refractivity contribution is 0.193. The van der Waals surface area contributed by atoms with Crippen LogP contribution in [0.5, 0.6) is 0 Å². The van der Waals surface area contributed by atoms with Crippen molar-refractivity contribution in [3.8, 4) is 0 Å². The molecule has 1 rings (SSSR count). The summed E-state index contributed by atoms with van der Waals surface area (Å²) in [5.41, 5.74) is 1.54. The minimum Gasteiger partial charge on any atom is -0.392 e. The van der Waals surface area contributed by atoms with Gasteiger partial charge in [-0.1, -0.05) is 22.0 Å². The van der Waals surface area contributed by atoms with Crippen LogP contribution in [0.15, 0.2) is 22.7 Å². The molecule has 0 spiro atoms. The minimum atomic E-state index is -0.528. The number of aliphatic hydroxyl groups is 2. The fourth-order valence-corrected chi connectivity index (χ4v) is 1.53. The van der Waals surface area contributed by atoms with E-state index in [1.54, 1.807) is 13.0 Å². The largest absolute Gasteiger partial charge is 0.392 e. The van der Waals surface area contributed by atoms with E-state index >= 15 is 0 Å². The molecule has 1 aromatic carbocycles. The summed E-state index contributed by atoms with van der Waals surface area (Å²) in [4.78, 5) is 0. The zero-order valence-electron chi connectivity index (χ0n) is 6.79. The van der Waals surface area contributed by atoms with Crippen molar-refractivity contribution in [1.29, 1.82) is 0 Å². The summed E-state index contributed by atoms with van der Waals surface area (Å²) >= 11 is 3.29. The van der Waals surface area contributed by atoms with Gasteiger partial charge in [-0.3, -0.25) is 0 Å². The monoisotopic (exact) mass is 230 g/mol. The SMILES string of the molecule is CC(O)c1ccc(Br)cc1CO. The first-order valence-corrected chi connectivity index (χ1v) is 4.51. The Balaban J connectivity index is 3.11. The van der Waals surface area contributed by atoms with Gasteiger partial charge in [-0.15, -0.1) is 0 Å². The van der Waals surface area contributed by atoms with Gasteiger partial charge in [0.1, 0.15) is 0 Å². The Labute approximate surface area is 80.0 Å². The summed E-state index contributed by atoms with van der Waals surface area (Å²) in [6.45, 7) is 1.64. The van der Waals surface area contributed by atoms with E-state index in [0.29, 0.717) is 0 Å². The van der Waals surface area contributed by atoms with Crippen LogP contribution in [0.3, 0.4) is 0 Å². The average molecular weight is 231 g/mol. The van der Waals surface area contributed by atoms with Gasteiger partial charge in [0.15, 0.2) is 0 Å². The molecule has 2 N–H and O–H groups in total. The van der Waals surface area contributed by atoms with Crippen molar-refractivity contribution in [3.63, 3.8) is 0 Å². The maximum atomic E-state index is 9.30. The maximum absolute atomic E-state index is 9.30. The van der Waals surface area contributed by atoms with Gasteiger partial charge in [-0.2, -0.15) is 0 Å². The molecule has 0 radical (unpaired) electrons. The van der Waals surface area contributed by atoms with Crippen molar-refractivity contribution < 1.29 is 10.2 Å². The molecule has 0 aliphatic heterocycles. The second-order valence-electron chi connectivity index (χ2n) is 2.68. The minimum absolute atomic E-state index is 0.0420. The van der Waals surface area contributed by atoms with Crippen molar-refractivity contribution in [2.24, 2.45) is 0 Å². The van der Waals surface area contributed by atoms with Crippen LogP contribution < -0.4 is 0 Å². The van der Waals surface area contributed by atoms with Gasteiger partial charge in [0.05, 0.1) is 12.7 Å². The normalized spacial score (nSPS) is 13.0. The van der Waals surface area contributed by atoms with E-state index in [2.05, 4.69) is 15.9 Å². The third kappa shape index (κ3) is 2.06. The number of hydrogen-bond donors (Lipinski definition) is 2. The highest BCUT2D eigenvalue weighted by molar-refractivity contribution is 9.10. The van der Waals surface area contributed by atoms with Crippen LogP contribution in [-0.4, -0.2) is 10.2 Å². The van der Waals surface area contributed by atoms with E-state index in [-0.39, 0.29) is 6.61 Å². The molecule has 66 valence electrons. The first-order valence-electron chi connectivity index (χ1n) is 3.72. The number of hydrogen-bond acceptors (Lipinski definition) is 2. The van der Waals surface area contributed by atoms with Gasteiger partial charge in [-0.25, -0.2) is 0 Å². The molecule has 1 unspecified atom stereocenters. The van der Waals surface area contributed by atoms with Gasteiger partial charge >= 0.3 is 0 Å². The first kappa shape index (κ1) is 9.71. The molecule has 1 aromatic rings. The average Bonchev–Trinajstić information content (AvgIpc) is 2.03. The van der Waals surface area contributed by atoms with Crippen LogP contribution in [0.2, 0.25) is 0 Å². The highest BCUT2D eigenvalue weighted by atomic mass is 79.9. The Hall–Kier alpha value is -0.380. The summed E-state index contributed by atoms with van der Waals surface area (Å²) in [6, 6.07) is 5.46. The topological polar surface area (TPSA) is 40.5 Å². The lowest BCUT2D eigenvalue weighted by Gasteiger charge is -2.09. The lowest BCUT2D eigenvalue weighted by atomic mass is 10.0. The maximum Gasteiger partial charge on any atom is 0.0765 e. The highest BCUT2D eigenvalue weighted by Gasteiger charge is 2.06. The van der Waals surface area contributed by atoms with Crippen molar-refractivity contribution >= 4 is 15.9 Å². The second-order valence-corrected chi connectivity index (χ2v) is 3.59. The second kappa shape index (κ2) is 4.03. The Morgan fingerprint density at radius 2 is 2.17 bits per heavy atom. The van der Waals surface area contributed by atoms with Crippen molar-refractivity contribution in [1.82, 2.24) is 0 Å². The van der Waals surface area contributed by atoms with Crippen molar-refractivity contribution in [2.75, 3.05) is 0 Å². The molecule has 12 heavy (non-hydrogen) atoms. The summed E-state index contributed by atoms with van der Waals surface area (Å²) < 4.78 is 0.913. The van der Waals surface area contributed by atoms with Crippen LogP contribution >= 0.6 is 15.9 Å².